The van der Waals surface area contributed by atoms with Gasteiger partial charge in [-0.2, -0.15) is 0 Å². The van der Waals surface area contributed by atoms with Crippen molar-refractivity contribution in [3.63, 3.8) is 0 Å². The van der Waals surface area contributed by atoms with Crippen molar-refractivity contribution in [3.8, 4) is 0 Å². The lowest BCUT2D eigenvalue weighted by Crippen LogP contribution is -2.30. The summed E-state index contributed by atoms with van der Waals surface area (Å²) < 4.78 is 0. The molecule has 1 atom stereocenters. The third-order valence-corrected chi connectivity index (χ3v) is 2.46. The van der Waals surface area contributed by atoms with E-state index in [9.17, 15) is 9.90 Å². The monoisotopic (exact) mass is 236 g/mol. The highest BCUT2D eigenvalue weighted by Gasteiger charge is 2.08. The molecule has 0 aliphatic rings. The first-order valence-electron chi connectivity index (χ1n) is 5.74. The molecule has 0 radical (unpaired) electrons. The zero-order valence-electron chi connectivity index (χ0n) is 10.4. The van der Waals surface area contributed by atoms with E-state index in [1.807, 2.05) is 49.3 Å². The van der Waals surface area contributed by atoms with Crippen LogP contribution in [0.2, 0.25) is 0 Å². The molecule has 0 bridgehead atoms. The van der Waals surface area contributed by atoms with Gasteiger partial charge in [0.1, 0.15) is 0 Å². The standard InChI is InChI=1S/C13H20N2O2/c1-15(2)9-8-13(17)14-10-12(16)11-6-4-3-5-7-11/h3-7,12,16H,8-10H2,1-2H3,(H,14,17). The van der Waals surface area contributed by atoms with Gasteiger partial charge in [0.25, 0.3) is 0 Å². The number of amides is 1. The van der Waals surface area contributed by atoms with Gasteiger partial charge in [-0.3, -0.25) is 4.79 Å². The fourth-order valence-electron chi connectivity index (χ4n) is 1.42. The number of rotatable bonds is 6. The maximum Gasteiger partial charge on any atom is 0.221 e. The Hall–Kier alpha value is -1.39. The summed E-state index contributed by atoms with van der Waals surface area (Å²) >= 11 is 0. The van der Waals surface area contributed by atoms with E-state index in [2.05, 4.69) is 5.32 Å². The molecule has 0 aliphatic carbocycles. The average molecular weight is 236 g/mol. The highest BCUT2D eigenvalue weighted by molar-refractivity contribution is 5.76. The Morgan fingerprint density at radius 2 is 2.00 bits per heavy atom. The van der Waals surface area contributed by atoms with E-state index >= 15 is 0 Å². The third-order valence-electron chi connectivity index (χ3n) is 2.46. The summed E-state index contributed by atoms with van der Waals surface area (Å²) in [5.74, 6) is -0.0336. The highest BCUT2D eigenvalue weighted by atomic mass is 16.3. The van der Waals surface area contributed by atoms with Crippen LogP contribution in [0.25, 0.3) is 0 Å². The quantitative estimate of drug-likeness (QED) is 0.767. The number of aliphatic hydroxyl groups excluding tert-OH is 1. The van der Waals surface area contributed by atoms with Crippen LogP contribution in [0.4, 0.5) is 0 Å². The molecule has 1 rings (SSSR count). The SMILES string of the molecule is CN(C)CCC(=O)NCC(O)c1ccccc1. The molecule has 4 nitrogen and oxygen atoms in total. The van der Waals surface area contributed by atoms with Crippen LogP contribution in [0.1, 0.15) is 18.1 Å². The maximum absolute atomic E-state index is 11.4. The van der Waals surface area contributed by atoms with Crippen LogP contribution in [0.5, 0.6) is 0 Å². The normalized spacial score (nSPS) is 12.5. The van der Waals surface area contributed by atoms with Crippen molar-refractivity contribution in [1.82, 2.24) is 10.2 Å². The summed E-state index contributed by atoms with van der Waals surface area (Å²) in [4.78, 5) is 13.4. The molecule has 0 fully saturated rings. The summed E-state index contributed by atoms with van der Waals surface area (Å²) in [6.45, 7) is 0.976. The summed E-state index contributed by atoms with van der Waals surface area (Å²) in [7, 11) is 3.85. The first-order chi connectivity index (χ1) is 8.09. The van der Waals surface area contributed by atoms with E-state index in [-0.39, 0.29) is 12.5 Å². The van der Waals surface area contributed by atoms with Gasteiger partial charge in [-0.25, -0.2) is 0 Å². The lowest BCUT2D eigenvalue weighted by molar-refractivity contribution is -0.121. The van der Waals surface area contributed by atoms with Crippen molar-refractivity contribution in [3.05, 3.63) is 35.9 Å². The molecule has 1 amide bonds. The molecule has 1 aromatic carbocycles. The summed E-state index contributed by atoms with van der Waals surface area (Å²) in [5.41, 5.74) is 0.820. The molecule has 1 unspecified atom stereocenters. The lowest BCUT2D eigenvalue weighted by atomic mass is 10.1. The third kappa shape index (κ3) is 5.47. The van der Waals surface area contributed by atoms with Gasteiger partial charge in [-0.05, 0) is 19.7 Å². The molecule has 0 spiro atoms. The minimum atomic E-state index is -0.639. The summed E-state index contributed by atoms with van der Waals surface area (Å²) in [6, 6.07) is 9.32. The molecular weight excluding hydrogens is 216 g/mol. The van der Waals surface area contributed by atoms with Crippen LogP contribution < -0.4 is 5.32 Å². The van der Waals surface area contributed by atoms with Gasteiger partial charge in [0.05, 0.1) is 6.10 Å². The fourth-order valence-corrected chi connectivity index (χ4v) is 1.42. The van der Waals surface area contributed by atoms with E-state index in [1.54, 1.807) is 0 Å². The number of nitrogens with zero attached hydrogens (tertiary/aromatic N) is 1. The van der Waals surface area contributed by atoms with E-state index in [0.717, 1.165) is 5.56 Å². The number of hydrogen-bond acceptors (Lipinski definition) is 3. The molecule has 0 saturated heterocycles. The van der Waals surface area contributed by atoms with Crippen molar-refractivity contribution in [1.29, 1.82) is 0 Å². The number of aliphatic hydroxyl groups is 1. The fraction of sp³-hybridized carbons (Fsp3) is 0.462. The second kappa shape index (κ2) is 7.04. The summed E-state index contributed by atoms with van der Waals surface area (Å²) in [5, 5.41) is 12.5. The summed E-state index contributed by atoms with van der Waals surface area (Å²) in [6.07, 6.45) is -0.186. The minimum absolute atomic E-state index is 0.0336. The van der Waals surface area contributed by atoms with E-state index < -0.39 is 6.10 Å². The van der Waals surface area contributed by atoms with E-state index in [4.69, 9.17) is 0 Å². The van der Waals surface area contributed by atoms with Gasteiger partial charge in [0.2, 0.25) is 5.91 Å². The molecule has 0 aliphatic heterocycles. The van der Waals surface area contributed by atoms with Gasteiger partial charge in [0, 0.05) is 19.5 Å². The number of nitrogens with one attached hydrogen (secondary N) is 1. The van der Waals surface area contributed by atoms with Crippen LogP contribution in [0, 0.1) is 0 Å². The zero-order chi connectivity index (χ0) is 12.7. The first-order valence-corrected chi connectivity index (χ1v) is 5.74. The van der Waals surface area contributed by atoms with E-state index in [0.29, 0.717) is 13.0 Å². The van der Waals surface area contributed by atoms with Crippen LogP contribution in [-0.4, -0.2) is 43.1 Å². The second-order valence-electron chi connectivity index (χ2n) is 4.28. The number of hydrogen-bond donors (Lipinski definition) is 2. The van der Waals surface area contributed by atoms with Crippen molar-refractivity contribution >= 4 is 5.91 Å². The molecule has 4 heteroatoms. The van der Waals surface area contributed by atoms with Crippen molar-refractivity contribution in [2.45, 2.75) is 12.5 Å². The maximum atomic E-state index is 11.4. The Kier molecular flexibility index (Phi) is 5.66. The number of benzene rings is 1. The van der Waals surface area contributed by atoms with Crippen LogP contribution >= 0.6 is 0 Å². The van der Waals surface area contributed by atoms with Crippen molar-refractivity contribution < 1.29 is 9.90 Å². The Labute approximate surface area is 102 Å². The molecule has 17 heavy (non-hydrogen) atoms. The van der Waals surface area contributed by atoms with Gasteiger partial charge >= 0.3 is 0 Å². The second-order valence-corrected chi connectivity index (χ2v) is 4.28. The van der Waals surface area contributed by atoms with Crippen molar-refractivity contribution in [2.75, 3.05) is 27.2 Å². The van der Waals surface area contributed by atoms with Gasteiger partial charge < -0.3 is 15.3 Å². The van der Waals surface area contributed by atoms with Gasteiger partial charge in [0.15, 0.2) is 0 Å². The molecule has 0 aromatic heterocycles. The molecule has 0 saturated carbocycles. The Morgan fingerprint density at radius 3 is 2.59 bits per heavy atom. The molecule has 94 valence electrons. The lowest BCUT2D eigenvalue weighted by Gasteiger charge is -2.13. The predicted molar refractivity (Wildman–Crippen MR) is 67.6 cm³/mol. The van der Waals surface area contributed by atoms with E-state index in [1.165, 1.54) is 0 Å². The largest absolute Gasteiger partial charge is 0.387 e. The molecular formula is C13H20N2O2. The zero-order valence-corrected chi connectivity index (χ0v) is 10.4. The Balaban J connectivity index is 2.29. The van der Waals surface area contributed by atoms with Gasteiger partial charge in [-0.15, -0.1) is 0 Å². The average Bonchev–Trinajstić information content (AvgIpc) is 2.34. The molecule has 2 N–H and O–H groups in total. The number of carbonyl (C=O) groups excluding carboxylic acids is 1. The predicted octanol–water partition coefficient (Wildman–Crippen LogP) is 0.788. The molecule has 0 heterocycles. The molecule has 1 aromatic rings. The van der Waals surface area contributed by atoms with Crippen LogP contribution in [-0.2, 0) is 4.79 Å². The smallest absolute Gasteiger partial charge is 0.221 e. The van der Waals surface area contributed by atoms with Crippen LogP contribution in [0.3, 0.4) is 0 Å². The Bertz CT molecular complexity index is 339. The topological polar surface area (TPSA) is 52.6 Å². The number of carbonyl (C=O) groups is 1. The minimum Gasteiger partial charge on any atom is -0.387 e. The van der Waals surface area contributed by atoms with Gasteiger partial charge in [-0.1, -0.05) is 30.3 Å². The Morgan fingerprint density at radius 1 is 1.35 bits per heavy atom. The van der Waals surface area contributed by atoms with Crippen molar-refractivity contribution in [2.24, 2.45) is 0 Å². The highest BCUT2D eigenvalue weighted by Crippen LogP contribution is 2.10. The van der Waals surface area contributed by atoms with Crippen LogP contribution in [0.15, 0.2) is 30.3 Å². The first kappa shape index (κ1) is 13.7.